The Bertz CT molecular complexity index is 315. The van der Waals surface area contributed by atoms with Crippen molar-refractivity contribution in [2.45, 2.75) is 57.0 Å². The Labute approximate surface area is 121 Å². The number of rotatable bonds is 10. The number of unbranched alkanes of at least 4 members (excludes halogenated alkanes) is 4. The van der Waals surface area contributed by atoms with Crippen LogP contribution in [0.1, 0.15) is 44.9 Å². The third kappa shape index (κ3) is 5.61. The van der Waals surface area contributed by atoms with Crippen molar-refractivity contribution in [2.75, 3.05) is 21.3 Å². The highest BCUT2D eigenvalue weighted by Gasteiger charge is 2.35. The first-order valence-electron chi connectivity index (χ1n) is 7.18. The molecule has 5 nitrogen and oxygen atoms in total. The predicted octanol–water partition coefficient (Wildman–Crippen LogP) is 2.79. The first-order chi connectivity index (χ1) is 9.65. The van der Waals surface area contributed by atoms with Crippen LogP contribution < -0.4 is 0 Å². The van der Waals surface area contributed by atoms with Crippen molar-refractivity contribution < 1.29 is 23.7 Å². The van der Waals surface area contributed by atoms with E-state index in [1.54, 1.807) is 14.2 Å². The fourth-order valence-corrected chi connectivity index (χ4v) is 2.26. The molecule has 1 aliphatic rings. The highest BCUT2D eigenvalue weighted by Crippen LogP contribution is 2.30. The summed E-state index contributed by atoms with van der Waals surface area (Å²) in [6.07, 6.45) is 9.99. The van der Waals surface area contributed by atoms with Crippen LogP contribution in [-0.2, 0) is 23.7 Å². The van der Waals surface area contributed by atoms with Crippen LogP contribution in [0.3, 0.4) is 0 Å². The van der Waals surface area contributed by atoms with Gasteiger partial charge < -0.3 is 18.9 Å². The molecule has 0 aliphatic carbocycles. The molecule has 0 spiro atoms. The van der Waals surface area contributed by atoms with Gasteiger partial charge in [0.1, 0.15) is 0 Å². The van der Waals surface area contributed by atoms with E-state index >= 15 is 0 Å². The number of ether oxygens (including phenoxy) is 4. The minimum atomic E-state index is -0.632. The summed E-state index contributed by atoms with van der Waals surface area (Å²) in [5.74, 6) is -0.759. The van der Waals surface area contributed by atoms with E-state index in [0.717, 1.165) is 38.5 Å². The van der Waals surface area contributed by atoms with E-state index in [0.29, 0.717) is 6.42 Å². The lowest BCUT2D eigenvalue weighted by Gasteiger charge is -2.26. The van der Waals surface area contributed by atoms with Crippen LogP contribution in [0.5, 0.6) is 0 Å². The Morgan fingerprint density at radius 2 is 1.85 bits per heavy atom. The Morgan fingerprint density at radius 3 is 2.45 bits per heavy atom. The molecule has 0 bridgehead atoms. The van der Waals surface area contributed by atoms with E-state index in [1.165, 1.54) is 7.11 Å². The Balaban J connectivity index is 2.08. The monoisotopic (exact) mass is 286 g/mol. The number of esters is 1. The molecule has 0 amide bonds. The minimum absolute atomic E-state index is 0.126. The summed E-state index contributed by atoms with van der Waals surface area (Å²) in [5, 5.41) is 0. The molecule has 0 aromatic carbocycles. The lowest BCUT2D eigenvalue weighted by Crippen LogP contribution is -2.32. The fraction of sp³-hybridized carbons (Fsp3) is 0.800. The first kappa shape index (κ1) is 17.1. The number of methoxy groups -OCH3 is 3. The average Bonchev–Trinajstić information content (AvgIpc) is 2.90. The van der Waals surface area contributed by atoms with Crippen molar-refractivity contribution >= 4 is 5.97 Å². The molecule has 20 heavy (non-hydrogen) atoms. The number of hydrogen-bond donors (Lipinski definition) is 0. The van der Waals surface area contributed by atoms with Crippen molar-refractivity contribution in [1.82, 2.24) is 0 Å². The van der Waals surface area contributed by atoms with Gasteiger partial charge in [0.15, 0.2) is 12.1 Å². The van der Waals surface area contributed by atoms with Crippen LogP contribution in [0.2, 0.25) is 0 Å². The maximum atomic E-state index is 10.9. The molecule has 2 unspecified atom stereocenters. The summed E-state index contributed by atoms with van der Waals surface area (Å²) < 4.78 is 20.9. The molecule has 1 rings (SSSR count). The summed E-state index contributed by atoms with van der Waals surface area (Å²) in [4.78, 5) is 10.9. The maximum absolute atomic E-state index is 10.9. The quantitative estimate of drug-likeness (QED) is 0.351. The van der Waals surface area contributed by atoms with Gasteiger partial charge in [-0.1, -0.05) is 19.3 Å². The summed E-state index contributed by atoms with van der Waals surface area (Å²) >= 11 is 0. The van der Waals surface area contributed by atoms with Crippen LogP contribution in [0.15, 0.2) is 12.2 Å². The maximum Gasteiger partial charge on any atom is 0.305 e. The molecule has 0 N–H and O–H groups in total. The molecule has 1 aliphatic heterocycles. The van der Waals surface area contributed by atoms with E-state index in [9.17, 15) is 4.79 Å². The van der Waals surface area contributed by atoms with Crippen molar-refractivity contribution in [1.29, 1.82) is 0 Å². The van der Waals surface area contributed by atoms with Gasteiger partial charge in [-0.3, -0.25) is 4.79 Å². The Kier molecular flexibility index (Phi) is 7.80. The second kappa shape index (κ2) is 9.10. The summed E-state index contributed by atoms with van der Waals surface area (Å²) in [7, 11) is 4.69. The van der Waals surface area contributed by atoms with Crippen LogP contribution in [0, 0.1) is 0 Å². The molecule has 116 valence electrons. The second-order valence-electron chi connectivity index (χ2n) is 4.94. The minimum Gasteiger partial charge on any atom is -0.469 e. The molecule has 0 saturated carbocycles. The third-order valence-electron chi connectivity index (χ3n) is 3.53. The SMILES string of the molecule is COC(=O)CCCCCCCC1(OC)C=CC(OC)O1. The highest BCUT2D eigenvalue weighted by atomic mass is 16.8. The number of carbonyl (C=O) groups is 1. The summed E-state index contributed by atoms with van der Waals surface area (Å²) in [6, 6.07) is 0. The van der Waals surface area contributed by atoms with Crippen LogP contribution in [0.25, 0.3) is 0 Å². The van der Waals surface area contributed by atoms with Gasteiger partial charge in [0.25, 0.3) is 0 Å². The normalized spacial score (nSPS) is 25.1. The van der Waals surface area contributed by atoms with Crippen LogP contribution in [0.4, 0.5) is 0 Å². The van der Waals surface area contributed by atoms with Gasteiger partial charge in [0.05, 0.1) is 7.11 Å². The fourth-order valence-electron chi connectivity index (χ4n) is 2.26. The molecule has 1 heterocycles. The molecule has 2 atom stereocenters. The molecule has 5 heteroatoms. The van der Waals surface area contributed by atoms with Gasteiger partial charge in [-0.25, -0.2) is 0 Å². The van der Waals surface area contributed by atoms with Crippen molar-refractivity contribution in [2.24, 2.45) is 0 Å². The van der Waals surface area contributed by atoms with Gasteiger partial charge in [0.2, 0.25) is 0 Å². The van der Waals surface area contributed by atoms with Gasteiger partial charge in [-0.2, -0.15) is 0 Å². The zero-order chi connectivity index (χ0) is 14.8. The van der Waals surface area contributed by atoms with E-state index in [-0.39, 0.29) is 12.3 Å². The molecular formula is C15H26O5. The van der Waals surface area contributed by atoms with Crippen LogP contribution in [-0.4, -0.2) is 39.4 Å². The van der Waals surface area contributed by atoms with E-state index < -0.39 is 5.79 Å². The Hall–Kier alpha value is -0.910. The second-order valence-corrected chi connectivity index (χ2v) is 4.94. The molecule has 0 aromatic heterocycles. The van der Waals surface area contributed by atoms with Crippen LogP contribution >= 0.6 is 0 Å². The Morgan fingerprint density at radius 1 is 1.15 bits per heavy atom. The van der Waals surface area contributed by atoms with Crippen molar-refractivity contribution in [3.05, 3.63) is 12.2 Å². The molecule has 0 saturated heterocycles. The summed E-state index contributed by atoms with van der Waals surface area (Å²) in [6.45, 7) is 0. The standard InChI is InChI=1S/C15H26O5/c1-17-13(16)9-7-5-4-6-8-11-15(19-3)12-10-14(18-2)20-15/h10,12,14H,4-9,11H2,1-3H3. The van der Waals surface area contributed by atoms with Gasteiger partial charge in [0, 0.05) is 27.1 Å². The molecule has 0 aromatic rings. The lowest BCUT2D eigenvalue weighted by atomic mass is 10.0. The van der Waals surface area contributed by atoms with Crippen molar-refractivity contribution in [3.63, 3.8) is 0 Å². The van der Waals surface area contributed by atoms with E-state index in [2.05, 4.69) is 4.74 Å². The molecular weight excluding hydrogens is 260 g/mol. The smallest absolute Gasteiger partial charge is 0.305 e. The summed E-state index contributed by atoms with van der Waals surface area (Å²) in [5.41, 5.74) is 0. The average molecular weight is 286 g/mol. The van der Waals surface area contributed by atoms with E-state index in [1.807, 2.05) is 12.2 Å². The molecule has 0 fully saturated rings. The zero-order valence-electron chi connectivity index (χ0n) is 12.7. The number of hydrogen-bond acceptors (Lipinski definition) is 5. The largest absolute Gasteiger partial charge is 0.469 e. The van der Waals surface area contributed by atoms with E-state index in [4.69, 9.17) is 14.2 Å². The lowest BCUT2D eigenvalue weighted by molar-refractivity contribution is -0.245. The van der Waals surface area contributed by atoms with Gasteiger partial charge in [-0.05, 0) is 25.0 Å². The van der Waals surface area contributed by atoms with Gasteiger partial charge >= 0.3 is 5.97 Å². The van der Waals surface area contributed by atoms with Gasteiger partial charge in [-0.15, -0.1) is 0 Å². The topological polar surface area (TPSA) is 54.0 Å². The highest BCUT2D eigenvalue weighted by molar-refractivity contribution is 5.68. The first-order valence-corrected chi connectivity index (χ1v) is 7.18. The zero-order valence-corrected chi connectivity index (χ0v) is 12.7. The predicted molar refractivity (Wildman–Crippen MR) is 75.1 cm³/mol. The number of carbonyl (C=O) groups excluding carboxylic acids is 1. The molecule has 0 radical (unpaired) electrons. The third-order valence-corrected chi connectivity index (χ3v) is 3.53. The van der Waals surface area contributed by atoms with Crippen molar-refractivity contribution in [3.8, 4) is 0 Å².